The number of nitrogens with one attached hydrogen (secondary N) is 1. The first-order chi connectivity index (χ1) is 9.60. The number of amides is 1. The van der Waals surface area contributed by atoms with E-state index in [0.717, 1.165) is 23.3 Å². The number of nitrogens with two attached hydrogens (primary N) is 1. The Labute approximate surface area is 123 Å². The molecule has 0 aromatic carbocycles. The van der Waals surface area contributed by atoms with Gasteiger partial charge in [-0.25, -0.2) is 0 Å². The number of hydrogen-bond donors (Lipinski definition) is 2. The molecule has 0 saturated carbocycles. The highest BCUT2D eigenvalue weighted by Gasteiger charge is 2.22. The summed E-state index contributed by atoms with van der Waals surface area (Å²) in [5, 5.41) is 3.08. The highest BCUT2D eigenvalue weighted by molar-refractivity contribution is 7.14. The van der Waals surface area contributed by atoms with Gasteiger partial charge in [-0.1, -0.05) is 11.8 Å². The fraction of sp³-hybridized carbons (Fsp3) is 0.533. The van der Waals surface area contributed by atoms with E-state index in [0.29, 0.717) is 18.0 Å². The molecule has 20 heavy (non-hydrogen) atoms. The predicted octanol–water partition coefficient (Wildman–Crippen LogP) is 1.66. The minimum Gasteiger partial charge on any atom is -0.378 e. The molecule has 1 aromatic heterocycles. The summed E-state index contributed by atoms with van der Waals surface area (Å²) in [5.41, 5.74) is 6.40. The molecule has 4 nitrogen and oxygen atoms in total. The molecule has 2 rings (SSSR count). The van der Waals surface area contributed by atoms with Crippen LogP contribution in [-0.2, 0) is 4.74 Å². The molecular weight excluding hydrogens is 272 g/mol. The van der Waals surface area contributed by atoms with Crippen LogP contribution >= 0.6 is 11.3 Å². The van der Waals surface area contributed by atoms with E-state index >= 15 is 0 Å². The summed E-state index contributed by atoms with van der Waals surface area (Å²) in [6, 6.07) is 2.09. The van der Waals surface area contributed by atoms with E-state index in [1.165, 1.54) is 11.3 Å². The largest absolute Gasteiger partial charge is 0.378 e. The third-order valence-corrected chi connectivity index (χ3v) is 4.42. The van der Waals surface area contributed by atoms with Crippen LogP contribution in [0.15, 0.2) is 6.07 Å². The van der Waals surface area contributed by atoms with Crippen LogP contribution in [0.3, 0.4) is 0 Å². The number of thiophene rings is 1. The third kappa shape index (κ3) is 3.83. The van der Waals surface area contributed by atoms with E-state index in [2.05, 4.69) is 17.2 Å². The summed E-state index contributed by atoms with van der Waals surface area (Å²) in [6.07, 6.45) is 1.96. The molecule has 108 valence electrons. The average molecular weight is 292 g/mol. The smallest absolute Gasteiger partial charge is 0.261 e. The van der Waals surface area contributed by atoms with Crippen LogP contribution in [0.5, 0.6) is 0 Å². The van der Waals surface area contributed by atoms with E-state index in [1.807, 2.05) is 19.9 Å². The molecular formula is C15H20N2O2S. The van der Waals surface area contributed by atoms with Gasteiger partial charge in [-0.3, -0.25) is 4.79 Å². The van der Waals surface area contributed by atoms with Crippen molar-refractivity contribution >= 4 is 17.2 Å². The topological polar surface area (TPSA) is 64.3 Å². The zero-order valence-corrected chi connectivity index (χ0v) is 12.7. The summed E-state index contributed by atoms with van der Waals surface area (Å²) >= 11 is 1.42. The molecule has 2 heterocycles. The Morgan fingerprint density at radius 2 is 2.45 bits per heavy atom. The maximum absolute atomic E-state index is 12.2. The van der Waals surface area contributed by atoms with E-state index < -0.39 is 0 Å². The lowest BCUT2D eigenvalue weighted by molar-refractivity contribution is 0.0137. The van der Waals surface area contributed by atoms with E-state index in [4.69, 9.17) is 10.5 Å². The SMILES string of the molecule is Cc1cc(C(=O)NC2CCOC(C)C2)sc1C#CCN. The maximum atomic E-state index is 12.2. The summed E-state index contributed by atoms with van der Waals surface area (Å²) < 4.78 is 5.48. The number of aryl methyl sites for hydroxylation is 1. The van der Waals surface area contributed by atoms with Crippen LogP contribution < -0.4 is 11.1 Å². The minimum absolute atomic E-state index is 0.0157. The first-order valence-corrected chi connectivity index (χ1v) is 7.63. The van der Waals surface area contributed by atoms with Gasteiger partial charge in [0.1, 0.15) is 0 Å². The molecule has 2 atom stereocenters. The van der Waals surface area contributed by atoms with Gasteiger partial charge in [0.2, 0.25) is 0 Å². The summed E-state index contributed by atoms with van der Waals surface area (Å²) in [5.74, 6) is 5.81. The fourth-order valence-corrected chi connectivity index (χ4v) is 3.19. The molecule has 0 bridgehead atoms. The number of ether oxygens (including phenoxy) is 1. The van der Waals surface area contributed by atoms with Crippen molar-refractivity contribution in [1.29, 1.82) is 0 Å². The maximum Gasteiger partial charge on any atom is 0.261 e. The van der Waals surface area contributed by atoms with E-state index in [1.54, 1.807) is 0 Å². The quantitative estimate of drug-likeness (QED) is 0.815. The van der Waals surface area contributed by atoms with Crippen molar-refractivity contribution in [1.82, 2.24) is 5.32 Å². The molecule has 1 saturated heterocycles. The van der Waals surface area contributed by atoms with Gasteiger partial charge in [-0.2, -0.15) is 0 Å². The lowest BCUT2D eigenvalue weighted by atomic mass is 10.0. The molecule has 5 heteroatoms. The monoisotopic (exact) mass is 292 g/mol. The predicted molar refractivity (Wildman–Crippen MR) is 80.9 cm³/mol. The molecule has 1 aliphatic rings. The molecule has 0 radical (unpaired) electrons. The molecule has 2 unspecified atom stereocenters. The van der Waals surface area contributed by atoms with Crippen LogP contribution in [0.1, 0.15) is 39.9 Å². The summed E-state index contributed by atoms with van der Waals surface area (Å²) in [6.45, 7) is 5.04. The van der Waals surface area contributed by atoms with Crippen LogP contribution in [-0.4, -0.2) is 31.2 Å². The summed E-state index contributed by atoms with van der Waals surface area (Å²) in [7, 11) is 0. The fourth-order valence-electron chi connectivity index (χ4n) is 2.24. The standard InChI is InChI=1S/C15H20N2O2S/c1-10-8-14(20-13(10)4-3-6-16)15(18)17-12-5-7-19-11(2)9-12/h8,11-12H,5-7,9,16H2,1-2H3,(H,17,18). The van der Waals surface area contributed by atoms with Crippen molar-refractivity contribution in [2.24, 2.45) is 5.73 Å². The van der Waals surface area contributed by atoms with Gasteiger partial charge in [0.05, 0.1) is 22.4 Å². The molecule has 1 fully saturated rings. The second-order valence-corrected chi connectivity index (χ2v) is 6.06. The van der Waals surface area contributed by atoms with Gasteiger partial charge in [0.15, 0.2) is 0 Å². The highest BCUT2D eigenvalue weighted by atomic mass is 32.1. The number of carbonyl (C=O) groups excluding carboxylic acids is 1. The molecule has 0 aliphatic carbocycles. The average Bonchev–Trinajstić information content (AvgIpc) is 2.78. The number of hydrogen-bond acceptors (Lipinski definition) is 4. The Hall–Kier alpha value is -1.35. The van der Waals surface area contributed by atoms with Crippen LogP contribution in [0, 0.1) is 18.8 Å². The van der Waals surface area contributed by atoms with Gasteiger partial charge in [0.25, 0.3) is 5.91 Å². The minimum atomic E-state index is -0.0157. The van der Waals surface area contributed by atoms with Crippen molar-refractivity contribution in [3.05, 3.63) is 21.4 Å². The second kappa shape index (κ2) is 6.89. The van der Waals surface area contributed by atoms with Crippen molar-refractivity contribution in [2.75, 3.05) is 13.2 Å². The lowest BCUT2D eigenvalue weighted by Gasteiger charge is -2.27. The molecule has 1 amide bonds. The van der Waals surface area contributed by atoms with Crippen molar-refractivity contribution < 1.29 is 9.53 Å². The molecule has 1 aliphatic heterocycles. The van der Waals surface area contributed by atoms with Gasteiger partial charge in [-0.05, 0) is 38.3 Å². The van der Waals surface area contributed by atoms with Crippen LogP contribution in [0.4, 0.5) is 0 Å². The first kappa shape index (κ1) is 15.0. The molecule has 1 aromatic rings. The zero-order chi connectivity index (χ0) is 14.5. The third-order valence-electron chi connectivity index (χ3n) is 3.27. The molecule has 3 N–H and O–H groups in total. The van der Waals surface area contributed by atoms with Gasteiger partial charge >= 0.3 is 0 Å². The van der Waals surface area contributed by atoms with Crippen molar-refractivity contribution in [3.8, 4) is 11.8 Å². The Balaban J connectivity index is 2.02. The van der Waals surface area contributed by atoms with Crippen molar-refractivity contribution in [2.45, 2.75) is 38.8 Å². The Morgan fingerprint density at radius 1 is 1.65 bits per heavy atom. The number of rotatable bonds is 2. The van der Waals surface area contributed by atoms with Crippen LogP contribution in [0.25, 0.3) is 0 Å². The van der Waals surface area contributed by atoms with Gasteiger partial charge in [0, 0.05) is 12.6 Å². The Bertz CT molecular complexity index is 542. The van der Waals surface area contributed by atoms with Crippen molar-refractivity contribution in [3.63, 3.8) is 0 Å². The molecule has 0 spiro atoms. The zero-order valence-electron chi connectivity index (χ0n) is 11.9. The van der Waals surface area contributed by atoms with E-state index in [9.17, 15) is 4.79 Å². The number of carbonyl (C=O) groups is 1. The lowest BCUT2D eigenvalue weighted by Crippen LogP contribution is -2.41. The summed E-state index contributed by atoms with van der Waals surface area (Å²) in [4.78, 5) is 13.9. The van der Waals surface area contributed by atoms with E-state index in [-0.39, 0.29) is 18.1 Å². The highest BCUT2D eigenvalue weighted by Crippen LogP contribution is 2.22. The van der Waals surface area contributed by atoms with Gasteiger partial charge < -0.3 is 15.8 Å². The first-order valence-electron chi connectivity index (χ1n) is 6.82. The normalized spacial score (nSPS) is 21.9. The van der Waals surface area contributed by atoms with Crippen LogP contribution in [0.2, 0.25) is 0 Å². The van der Waals surface area contributed by atoms with Gasteiger partial charge in [-0.15, -0.1) is 11.3 Å². The Morgan fingerprint density at radius 3 is 3.15 bits per heavy atom. The second-order valence-electron chi connectivity index (χ2n) is 5.00. The Kier molecular flexibility index (Phi) is 5.18.